The monoisotopic (exact) mass is 359 g/mol. The highest BCUT2D eigenvalue weighted by atomic mass is 16.5. The molecule has 0 unspecified atom stereocenters. The van der Waals surface area contributed by atoms with Gasteiger partial charge in [-0.25, -0.2) is 4.68 Å². The molecule has 2 aromatic carbocycles. The molecule has 0 bridgehead atoms. The molecule has 1 N–H and O–H groups in total. The number of carbonyl (C=O) groups excluding carboxylic acids is 1. The summed E-state index contributed by atoms with van der Waals surface area (Å²) in [6, 6.07) is 16.9. The maximum Gasteiger partial charge on any atom is 0.257 e. The van der Waals surface area contributed by atoms with Crippen LogP contribution in [0.1, 0.15) is 21.7 Å². The molecular formula is C20H17N5O2. The molecule has 0 radical (unpaired) electrons. The number of amides is 1. The van der Waals surface area contributed by atoms with Gasteiger partial charge in [0.25, 0.3) is 11.8 Å². The van der Waals surface area contributed by atoms with Crippen molar-refractivity contribution in [2.45, 2.75) is 13.5 Å². The standard InChI is InChI=1S/C20H17N5O2/c1-14-23-20(27-24-14)17-9-7-16(8-10-17)19(26)21-11-15-12-22-25(13-15)18-5-3-2-4-6-18/h2-10,12-13H,11H2,1H3,(H,21,26). The van der Waals surface area contributed by atoms with E-state index in [1.165, 1.54) is 0 Å². The Morgan fingerprint density at radius 1 is 1.11 bits per heavy atom. The molecule has 0 atom stereocenters. The van der Waals surface area contributed by atoms with Crippen molar-refractivity contribution in [3.63, 3.8) is 0 Å². The Hall–Kier alpha value is -3.74. The van der Waals surface area contributed by atoms with Gasteiger partial charge in [0.05, 0.1) is 11.9 Å². The molecule has 0 aliphatic heterocycles. The maximum absolute atomic E-state index is 12.4. The largest absolute Gasteiger partial charge is 0.348 e. The average Bonchev–Trinajstić information content (AvgIpc) is 3.36. The Bertz CT molecular complexity index is 1050. The minimum atomic E-state index is -0.157. The summed E-state index contributed by atoms with van der Waals surface area (Å²) < 4.78 is 6.90. The van der Waals surface area contributed by atoms with E-state index in [4.69, 9.17) is 4.52 Å². The van der Waals surface area contributed by atoms with E-state index in [-0.39, 0.29) is 5.91 Å². The second kappa shape index (κ2) is 7.25. The molecule has 0 saturated heterocycles. The fourth-order valence-corrected chi connectivity index (χ4v) is 2.64. The number of aromatic nitrogens is 4. The van der Waals surface area contributed by atoms with Crippen LogP contribution < -0.4 is 5.32 Å². The van der Waals surface area contributed by atoms with Crippen molar-refractivity contribution in [2.24, 2.45) is 0 Å². The summed E-state index contributed by atoms with van der Waals surface area (Å²) in [5.41, 5.74) is 3.23. The number of aryl methyl sites for hydroxylation is 1. The van der Waals surface area contributed by atoms with Crippen LogP contribution in [0.15, 0.2) is 71.5 Å². The van der Waals surface area contributed by atoms with Gasteiger partial charge in [-0.2, -0.15) is 10.1 Å². The van der Waals surface area contributed by atoms with E-state index in [9.17, 15) is 4.79 Å². The number of carbonyl (C=O) groups is 1. The predicted molar refractivity (Wildman–Crippen MR) is 99.2 cm³/mol. The van der Waals surface area contributed by atoms with E-state index in [2.05, 4.69) is 20.6 Å². The lowest BCUT2D eigenvalue weighted by Crippen LogP contribution is -2.22. The lowest BCUT2D eigenvalue weighted by atomic mass is 10.1. The third kappa shape index (κ3) is 3.77. The number of para-hydroxylation sites is 1. The van der Waals surface area contributed by atoms with Gasteiger partial charge in [-0.05, 0) is 43.3 Å². The summed E-state index contributed by atoms with van der Waals surface area (Å²) in [7, 11) is 0. The number of hydrogen-bond donors (Lipinski definition) is 1. The van der Waals surface area contributed by atoms with Crippen molar-refractivity contribution >= 4 is 5.91 Å². The normalized spacial score (nSPS) is 10.7. The van der Waals surface area contributed by atoms with Gasteiger partial charge in [-0.1, -0.05) is 23.4 Å². The molecule has 4 aromatic rings. The topological polar surface area (TPSA) is 85.8 Å². The fourth-order valence-electron chi connectivity index (χ4n) is 2.64. The molecule has 0 fully saturated rings. The van der Waals surface area contributed by atoms with Gasteiger partial charge in [-0.15, -0.1) is 0 Å². The minimum Gasteiger partial charge on any atom is -0.348 e. The summed E-state index contributed by atoms with van der Waals surface area (Å²) in [4.78, 5) is 16.5. The fraction of sp³-hybridized carbons (Fsp3) is 0.100. The SMILES string of the molecule is Cc1noc(-c2ccc(C(=O)NCc3cnn(-c4ccccc4)c3)cc2)n1. The van der Waals surface area contributed by atoms with Gasteiger partial charge < -0.3 is 9.84 Å². The summed E-state index contributed by atoms with van der Waals surface area (Å²) in [5, 5.41) is 11.0. The first-order valence-electron chi connectivity index (χ1n) is 8.47. The van der Waals surface area contributed by atoms with E-state index < -0.39 is 0 Å². The van der Waals surface area contributed by atoms with Crippen molar-refractivity contribution in [2.75, 3.05) is 0 Å². The molecule has 2 heterocycles. The van der Waals surface area contributed by atoms with Gasteiger partial charge in [0.2, 0.25) is 0 Å². The van der Waals surface area contributed by atoms with Crippen molar-refractivity contribution in [3.8, 4) is 17.1 Å². The number of nitrogens with zero attached hydrogens (tertiary/aromatic N) is 4. The first kappa shape index (κ1) is 16.7. The maximum atomic E-state index is 12.4. The van der Waals surface area contributed by atoms with Crippen molar-refractivity contribution in [1.82, 2.24) is 25.2 Å². The Kier molecular flexibility index (Phi) is 4.49. The lowest BCUT2D eigenvalue weighted by Gasteiger charge is -2.04. The molecule has 4 rings (SSSR count). The van der Waals surface area contributed by atoms with E-state index in [1.54, 1.807) is 42.1 Å². The quantitative estimate of drug-likeness (QED) is 0.591. The molecule has 7 heteroatoms. The first-order valence-corrected chi connectivity index (χ1v) is 8.47. The van der Waals surface area contributed by atoms with Crippen LogP contribution in [0, 0.1) is 6.92 Å². The van der Waals surface area contributed by atoms with Crippen LogP contribution >= 0.6 is 0 Å². The molecular weight excluding hydrogens is 342 g/mol. The van der Waals surface area contributed by atoms with Gasteiger partial charge in [-0.3, -0.25) is 4.79 Å². The Morgan fingerprint density at radius 3 is 2.59 bits per heavy atom. The molecule has 1 amide bonds. The zero-order valence-electron chi connectivity index (χ0n) is 14.7. The number of nitrogens with one attached hydrogen (secondary N) is 1. The number of rotatable bonds is 5. The van der Waals surface area contributed by atoms with Crippen LogP contribution in [-0.4, -0.2) is 25.8 Å². The molecule has 27 heavy (non-hydrogen) atoms. The van der Waals surface area contributed by atoms with Crippen molar-refractivity contribution in [3.05, 3.63) is 83.9 Å². The van der Waals surface area contributed by atoms with Crippen molar-refractivity contribution in [1.29, 1.82) is 0 Å². The highest BCUT2D eigenvalue weighted by molar-refractivity contribution is 5.94. The van der Waals surface area contributed by atoms with Gasteiger partial charge >= 0.3 is 0 Å². The number of benzene rings is 2. The predicted octanol–water partition coefficient (Wildman–Crippen LogP) is 3.16. The Labute approximate surface area is 155 Å². The van der Waals surface area contributed by atoms with Crippen LogP contribution in [-0.2, 0) is 6.54 Å². The molecule has 7 nitrogen and oxygen atoms in total. The van der Waals surface area contributed by atoms with Crippen LogP contribution in [0.25, 0.3) is 17.1 Å². The Balaban J connectivity index is 1.39. The zero-order valence-corrected chi connectivity index (χ0v) is 14.7. The second-order valence-electron chi connectivity index (χ2n) is 6.04. The van der Waals surface area contributed by atoms with Crippen LogP contribution in [0.5, 0.6) is 0 Å². The van der Waals surface area contributed by atoms with Gasteiger partial charge in [0, 0.05) is 29.4 Å². The first-order chi connectivity index (χ1) is 13.2. The summed E-state index contributed by atoms with van der Waals surface area (Å²) in [5.74, 6) is 0.853. The second-order valence-corrected chi connectivity index (χ2v) is 6.04. The highest BCUT2D eigenvalue weighted by Crippen LogP contribution is 2.17. The number of hydrogen-bond acceptors (Lipinski definition) is 5. The Morgan fingerprint density at radius 2 is 1.89 bits per heavy atom. The van der Waals surface area contributed by atoms with Crippen molar-refractivity contribution < 1.29 is 9.32 Å². The van der Waals surface area contributed by atoms with E-state index in [0.29, 0.717) is 23.8 Å². The third-order valence-corrected chi connectivity index (χ3v) is 4.03. The van der Waals surface area contributed by atoms with E-state index >= 15 is 0 Å². The third-order valence-electron chi connectivity index (χ3n) is 4.03. The molecule has 0 aliphatic carbocycles. The summed E-state index contributed by atoms with van der Waals surface area (Å²) >= 11 is 0. The van der Waals surface area contributed by atoms with Gasteiger partial charge in [0.1, 0.15) is 0 Å². The summed E-state index contributed by atoms with van der Waals surface area (Å²) in [6.07, 6.45) is 3.64. The lowest BCUT2D eigenvalue weighted by molar-refractivity contribution is 0.0951. The zero-order chi connectivity index (χ0) is 18.6. The van der Waals surface area contributed by atoms with Crippen LogP contribution in [0.4, 0.5) is 0 Å². The van der Waals surface area contributed by atoms with E-state index in [0.717, 1.165) is 16.8 Å². The van der Waals surface area contributed by atoms with Crippen LogP contribution in [0.2, 0.25) is 0 Å². The average molecular weight is 359 g/mol. The summed E-state index contributed by atoms with van der Waals surface area (Å²) in [6.45, 7) is 2.16. The molecule has 0 aliphatic rings. The van der Waals surface area contributed by atoms with Crippen LogP contribution in [0.3, 0.4) is 0 Å². The van der Waals surface area contributed by atoms with E-state index in [1.807, 2.05) is 36.5 Å². The molecule has 0 spiro atoms. The smallest absolute Gasteiger partial charge is 0.257 e. The minimum absolute atomic E-state index is 0.157. The molecule has 0 saturated carbocycles. The highest BCUT2D eigenvalue weighted by Gasteiger charge is 2.10. The molecule has 134 valence electrons. The van der Waals surface area contributed by atoms with Gasteiger partial charge in [0.15, 0.2) is 5.82 Å². The molecule has 2 aromatic heterocycles.